The van der Waals surface area contributed by atoms with E-state index < -0.39 is 0 Å². The first-order valence-electron chi connectivity index (χ1n) is 6.72. The predicted molar refractivity (Wildman–Crippen MR) is 79.4 cm³/mol. The second-order valence-electron chi connectivity index (χ2n) is 4.54. The van der Waals surface area contributed by atoms with Crippen molar-refractivity contribution in [2.75, 3.05) is 26.2 Å². The van der Waals surface area contributed by atoms with Gasteiger partial charge in [-0.3, -0.25) is 4.79 Å². The van der Waals surface area contributed by atoms with Gasteiger partial charge in [-0.2, -0.15) is 0 Å². The highest BCUT2D eigenvalue weighted by atomic mass is 35.5. The van der Waals surface area contributed by atoms with Gasteiger partial charge >= 0.3 is 0 Å². The summed E-state index contributed by atoms with van der Waals surface area (Å²) >= 11 is 5.71. The molecular formula is C13H23ClN4O. The third kappa shape index (κ3) is 5.51. The predicted octanol–water partition coefficient (Wildman–Crippen LogP) is 1.30. The van der Waals surface area contributed by atoms with E-state index in [4.69, 9.17) is 11.6 Å². The molecule has 1 unspecified atom stereocenters. The van der Waals surface area contributed by atoms with Gasteiger partial charge in [-0.25, -0.2) is 4.99 Å². The first-order chi connectivity index (χ1) is 9.06. The Morgan fingerprint density at radius 2 is 2.26 bits per heavy atom. The number of aliphatic imine (C=N–C) groups is 1. The minimum Gasteiger partial charge on any atom is -0.357 e. The Morgan fingerprint density at radius 3 is 2.84 bits per heavy atom. The summed E-state index contributed by atoms with van der Waals surface area (Å²) in [5, 5.41) is 6.99. The van der Waals surface area contributed by atoms with Crippen molar-refractivity contribution < 1.29 is 4.79 Å². The summed E-state index contributed by atoms with van der Waals surface area (Å²) in [7, 11) is 0. The van der Waals surface area contributed by atoms with Crippen LogP contribution in [0.15, 0.2) is 16.6 Å². The van der Waals surface area contributed by atoms with Gasteiger partial charge in [0.05, 0.1) is 6.54 Å². The molecule has 2 N–H and O–H groups in total. The fraction of sp³-hybridized carbons (Fsp3) is 0.692. The first-order valence-corrected chi connectivity index (χ1v) is 7.10. The standard InChI is InChI=1S/C13H23ClN4O/c1-4-12(19)18-7-6-11(9-18)17-13(15-5-2)16-8-10(3)14/h11H,3-9H2,1-2H3,(H2,15,16,17). The van der Waals surface area contributed by atoms with Crippen LogP contribution < -0.4 is 10.6 Å². The Balaban J connectivity index is 2.49. The van der Waals surface area contributed by atoms with Crippen molar-refractivity contribution in [3.05, 3.63) is 11.6 Å². The number of likely N-dealkylation sites (tertiary alicyclic amines) is 1. The van der Waals surface area contributed by atoms with E-state index in [1.165, 1.54) is 0 Å². The Bertz CT molecular complexity index is 357. The zero-order valence-corrected chi connectivity index (χ0v) is 12.5. The summed E-state index contributed by atoms with van der Waals surface area (Å²) in [6.45, 7) is 10.2. The Morgan fingerprint density at radius 1 is 1.53 bits per heavy atom. The molecule has 0 bridgehead atoms. The molecule has 0 saturated carbocycles. The van der Waals surface area contributed by atoms with Gasteiger partial charge in [-0.15, -0.1) is 0 Å². The van der Waals surface area contributed by atoms with E-state index in [1.807, 2.05) is 18.7 Å². The molecule has 1 heterocycles. The molecule has 5 nitrogen and oxygen atoms in total. The number of nitrogens with one attached hydrogen (secondary N) is 2. The van der Waals surface area contributed by atoms with Gasteiger partial charge in [-0.05, 0) is 13.3 Å². The molecule has 6 heteroatoms. The highest BCUT2D eigenvalue weighted by Crippen LogP contribution is 2.10. The van der Waals surface area contributed by atoms with E-state index in [0.717, 1.165) is 32.0 Å². The van der Waals surface area contributed by atoms with Crippen LogP contribution >= 0.6 is 11.6 Å². The second kappa shape index (κ2) is 8.04. The van der Waals surface area contributed by atoms with Gasteiger partial charge in [-0.1, -0.05) is 25.1 Å². The molecule has 1 aliphatic heterocycles. The average molecular weight is 287 g/mol. The molecule has 108 valence electrons. The topological polar surface area (TPSA) is 56.7 Å². The number of carbonyl (C=O) groups excluding carboxylic acids is 1. The largest absolute Gasteiger partial charge is 0.357 e. The molecule has 1 atom stereocenters. The highest BCUT2D eigenvalue weighted by molar-refractivity contribution is 6.29. The molecule has 1 saturated heterocycles. The molecule has 0 aromatic rings. The van der Waals surface area contributed by atoms with Gasteiger partial charge in [0.2, 0.25) is 5.91 Å². The summed E-state index contributed by atoms with van der Waals surface area (Å²) in [4.78, 5) is 17.8. The zero-order chi connectivity index (χ0) is 14.3. The number of hydrogen-bond acceptors (Lipinski definition) is 2. The number of guanidine groups is 1. The van der Waals surface area contributed by atoms with Crippen molar-refractivity contribution in [3.8, 4) is 0 Å². The molecule has 0 aromatic heterocycles. The van der Waals surface area contributed by atoms with Crippen LogP contribution in [0.3, 0.4) is 0 Å². The zero-order valence-electron chi connectivity index (χ0n) is 11.7. The number of rotatable bonds is 5. The normalized spacial score (nSPS) is 19.4. The smallest absolute Gasteiger partial charge is 0.222 e. The van der Waals surface area contributed by atoms with Crippen molar-refractivity contribution in [2.24, 2.45) is 4.99 Å². The molecule has 0 aliphatic carbocycles. The van der Waals surface area contributed by atoms with E-state index in [0.29, 0.717) is 18.0 Å². The number of hydrogen-bond donors (Lipinski definition) is 2. The second-order valence-corrected chi connectivity index (χ2v) is 5.07. The molecule has 1 amide bonds. The van der Waals surface area contributed by atoms with Gasteiger partial charge in [0.15, 0.2) is 5.96 Å². The van der Waals surface area contributed by atoms with Crippen LogP contribution in [-0.2, 0) is 4.79 Å². The lowest BCUT2D eigenvalue weighted by Gasteiger charge is -2.18. The molecule has 0 spiro atoms. The first kappa shape index (κ1) is 15.8. The fourth-order valence-corrected chi connectivity index (χ4v) is 2.07. The van der Waals surface area contributed by atoms with Gasteiger partial charge < -0.3 is 15.5 Å². The highest BCUT2D eigenvalue weighted by Gasteiger charge is 2.25. The lowest BCUT2D eigenvalue weighted by molar-refractivity contribution is -0.129. The molecule has 0 aromatic carbocycles. The monoisotopic (exact) mass is 286 g/mol. The van der Waals surface area contributed by atoms with Crippen molar-refractivity contribution in [2.45, 2.75) is 32.7 Å². The quantitative estimate of drug-likeness (QED) is 0.592. The minimum atomic E-state index is 0.209. The van der Waals surface area contributed by atoms with Crippen molar-refractivity contribution >= 4 is 23.5 Å². The maximum atomic E-state index is 11.6. The van der Waals surface area contributed by atoms with Crippen LogP contribution in [0, 0.1) is 0 Å². The van der Waals surface area contributed by atoms with E-state index in [-0.39, 0.29) is 11.9 Å². The average Bonchev–Trinajstić information content (AvgIpc) is 2.83. The molecule has 1 aliphatic rings. The Kier molecular flexibility index (Phi) is 6.70. The van der Waals surface area contributed by atoms with Crippen LogP contribution in [-0.4, -0.2) is 49.0 Å². The summed E-state index contributed by atoms with van der Waals surface area (Å²) in [6, 6.07) is 0.247. The lowest BCUT2D eigenvalue weighted by atomic mass is 10.3. The van der Waals surface area contributed by atoms with Gasteiger partial charge in [0.25, 0.3) is 0 Å². The van der Waals surface area contributed by atoms with Crippen LogP contribution in [0.5, 0.6) is 0 Å². The molecule has 1 fully saturated rings. The fourth-order valence-electron chi connectivity index (χ4n) is 2.01. The van der Waals surface area contributed by atoms with E-state index in [1.54, 1.807) is 0 Å². The van der Waals surface area contributed by atoms with Crippen LogP contribution in [0.4, 0.5) is 0 Å². The van der Waals surface area contributed by atoms with Crippen molar-refractivity contribution in [3.63, 3.8) is 0 Å². The van der Waals surface area contributed by atoms with Crippen molar-refractivity contribution in [1.29, 1.82) is 0 Å². The SMILES string of the molecule is C=C(Cl)CN=C(NCC)NC1CCN(C(=O)CC)C1. The third-order valence-electron chi connectivity index (χ3n) is 2.94. The van der Waals surface area contributed by atoms with Gasteiger partial charge in [0.1, 0.15) is 0 Å². The number of carbonyl (C=O) groups is 1. The third-order valence-corrected chi connectivity index (χ3v) is 3.06. The van der Waals surface area contributed by atoms with Crippen molar-refractivity contribution in [1.82, 2.24) is 15.5 Å². The van der Waals surface area contributed by atoms with Gasteiger partial charge in [0, 0.05) is 37.1 Å². The molecule has 0 radical (unpaired) electrons. The summed E-state index contributed by atoms with van der Waals surface area (Å²) in [6.07, 6.45) is 1.50. The van der Waals surface area contributed by atoms with E-state index >= 15 is 0 Å². The van der Waals surface area contributed by atoms with Crippen LogP contribution in [0.1, 0.15) is 26.7 Å². The molecule has 19 heavy (non-hydrogen) atoms. The lowest BCUT2D eigenvalue weighted by Crippen LogP contribution is -2.45. The minimum absolute atomic E-state index is 0.209. The summed E-state index contributed by atoms with van der Waals surface area (Å²) < 4.78 is 0. The number of amides is 1. The maximum Gasteiger partial charge on any atom is 0.222 e. The maximum absolute atomic E-state index is 11.6. The Labute approximate surface area is 120 Å². The molecular weight excluding hydrogens is 264 g/mol. The number of nitrogens with zero attached hydrogens (tertiary/aromatic N) is 2. The van der Waals surface area contributed by atoms with E-state index in [9.17, 15) is 4.79 Å². The van der Waals surface area contributed by atoms with E-state index in [2.05, 4.69) is 22.2 Å². The summed E-state index contributed by atoms with van der Waals surface area (Å²) in [5.74, 6) is 0.931. The Hall–Kier alpha value is -1.23. The summed E-state index contributed by atoms with van der Waals surface area (Å²) in [5.41, 5.74) is 0. The molecule has 1 rings (SSSR count). The number of halogens is 1. The van der Waals surface area contributed by atoms with Crippen LogP contribution in [0.25, 0.3) is 0 Å². The van der Waals surface area contributed by atoms with Crippen LogP contribution in [0.2, 0.25) is 0 Å².